The lowest BCUT2D eigenvalue weighted by molar-refractivity contribution is 0.0729. The number of fused-ring (bicyclic) bond motifs is 1. The number of nitrogens with zero attached hydrogens (tertiary/aromatic N) is 3. The van der Waals surface area contributed by atoms with E-state index >= 15 is 0 Å². The fourth-order valence-corrected chi connectivity index (χ4v) is 4.87. The molecule has 3 aromatic carbocycles. The Labute approximate surface area is 238 Å². The number of benzene rings is 3. The smallest absolute Gasteiger partial charge is 0.253 e. The highest BCUT2D eigenvalue weighted by Gasteiger charge is 2.22. The molecule has 0 aliphatic carbocycles. The molecule has 0 fully saturated rings. The first kappa shape index (κ1) is 29.2. The third-order valence-corrected chi connectivity index (χ3v) is 7.04. The molecular weight excluding hydrogens is 519 g/mol. The van der Waals surface area contributed by atoms with Gasteiger partial charge in [-0.05, 0) is 79.4 Å². The Kier molecular flexibility index (Phi) is 9.29. The van der Waals surface area contributed by atoms with E-state index in [2.05, 4.69) is 12.1 Å². The summed E-state index contributed by atoms with van der Waals surface area (Å²) < 4.78 is 20.5. The van der Waals surface area contributed by atoms with Crippen LogP contribution in [0.5, 0.6) is 0 Å². The van der Waals surface area contributed by atoms with Crippen molar-refractivity contribution in [3.8, 4) is 12.1 Å². The third kappa shape index (κ3) is 6.87. The molecule has 1 atom stereocenters. The van der Waals surface area contributed by atoms with E-state index in [4.69, 9.17) is 10.2 Å². The minimum Gasteiger partial charge on any atom is -0.460 e. The molecule has 41 heavy (non-hydrogen) atoms. The zero-order chi connectivity index (χ0) is 29.5. The Bertz CT molecular complexity index is 1730. The third-order valence-electron chi connectivity index (χ3n) is 7.04. The maximum Gasteiger partial charge on any atom is 0.253 e. The molecule has 2 N–H and O–H groups in total. The number of nitrogens with two attached hydrogens (primary N) is 1. The van der Waals surface area contributed by atoms with E-state index in [1.165, 1.54) is 6.07 Å². The summed E-state index contributed by atoms with van der Waals surface area (Å²) in [5.41, 5.74) is 8.68. The van der Waals surface area contributed by atoms with Gasteiger partial charge >= 0.3 is 0 Å². The molecule has 4 rings (SSSR count). The second-order valence-electron chi connectivity index (χ2n) is 10.3. The normalized spacial score (nSPS) is 11.6. The first-order valence-electron chi connectivity index (χ1n) is 13.5. The minimum absolute atomic E-state index is 0.143. The average molecular weight is 551 g/mol. The molecule has 1 heterocycles. The van der Waals surface area contributed by atoms with Gasteiger partial charge in [-0.3, -0.25) is 9.59 Å². The molecule has 0 saturated carbocycles. The van der Waals surface area contributed by atoms with Crippen LogP contribution in [0.4, 0.5) is 4.39 Å². The molecule has 0 aliphatic rings. The topological polar surface area (TPSA) is 124 Å². The van der Waals surface area contributed by atoms with Gasteiger partial charge in [0.1, 0.15) is 17.2 Å². The number of carbonyl (C=O) groups excluding carboxylic acids is 1. The summed E-state index contributed by atoms with van der Waals surface area (Å²) in [6.45, 7) is 4.72. The first-order valence-corrected chi connectivity index (χ1v) is 13.5. The van der Waals surface area contributed by atoms with Gasteiger partial charge in [0.25, 0.3) is 5.91 Å². The van der Waals surface area contributed by atoms with Crippen LogP contribution in [-0.4, -0.2) is 30.4 Å². The second-order valence-corrected chi connectivity index (χ2v) is 10.3. The largest absolute Gasteiger partial charge is 0.460 e. The van der Waals surface area contributed by atoms with Gasteiger partial charge in [-0.1, -0.05) is 25.1 Å². The van der Waals surface area contributed by atoms with Gasteiger partial charge in [0.2, 0.25) is 0 Å². The van der Waals surface area contributed by atoms with Crippen LogP contribution >= 0.6 is 0 Å². The molecule has 0 saturated heterocycles. The van der Waals surface area contributed by atoms with Crippen molar-refractivity contribution in [1.82, 2.24) is 4.90 Å². The zero-order valence-electron chi connectivity index (χ0n) is 23.1. The van der Waals surface area contributed by atoms with E-state index in [1.807, 2.05) is 13.0 Å². The highest BCUT2D eigenvalue weighted by molar-refractivity contribution is 5.94. The summed E-state index contributed by atoms with van der Waals surface area (Å²) in [6, 6.07) is 20.4. The monoisotopic (exact) mass is 550 g/mol. The second kappa shape index (κ2) is 13.0. The van der Waals surface area contributed by atoms with Crippen LogP contribution in [0.25, 0.3) is 11.0 Å². The fraction of sp³-hybridized carbons (Fsp3) is 0.273. The van der Waals surface area contributed by atoms with Crippen molar-refractivity contribution in [2.45, 2.75) is 33.1 Å². The predicted octanol–water partition coefficient (Wildman–Crippen LogP) is 5.24. The molecule has 0 bridgehead atoms. The summed E-state index contributed by atoms with van der Waals surface area (Å²) in [7, 11) is 0. The van der Waals surface area contributed by atoms with Gasteiger partial charge < -0.3 is 15.1 Å². The van der Waals surface area contributed by atoms with Crippen molar-refractivity contribution in [2.75, 3.05) is 19.6 Å². The highest BCUT2D eigenvalue weighted by atomic mass is 19.1. The zero-order valence-corrected chi connectivity index (χ0v) is 23.1. The van der Waals surface area contributed by atoms with Gasteiger partial charge in [0, 0.05) is 37.1 Å². The minimum atomic E-state index is -0.442. The van der Waals surface area contributed by atoms with Crippen LogP contribution < -0.4 is 11.2 Å². The SMILES string of the molecule is Cc1ccc(C(=O)N(CCCN)CC(C)Cc2oc3cc(C#N)ccc3c(=O)c2Cc2cccc(C#N)c2)cc1F. The van der Waals surface area contributed by atoms with Crippen molar-refractivity contribution < 1.29 is 13.6 Å². The van der Waals surface area contributed by atoms with Crippen molar-refractivity contribution in [3.63, 3.8) is 0 Å². The summed E-state index contributed by atoms with van der Waals surface area (Å²) in [4.78, 5) is 28.7. The maximum atomic E-state index is 14.2. The Morgan fingerprint density at radius 1 is 1.07 bits per heavy atom. The number of carbonyl (C=O) groups is 1. The van der Waals surface area contributed by atoms with Gasteiger partial charge in [0.15, 0.2) is 5.43 Å². The summed E-state index contributed by atoms with van der Waals surface area (Å²) in [5.74, 6) is -0.421. The molecule has 1 unspecified atom stereocenters. The van der Waals surface area contributed by atoms with Gasteiger partial charge in [0.05, 0.1) is 28.7 Å². The fourth-order valence-electron chi connectivity index (χ4n) is 4.87. The standard InChI is InChI=1S/C33H31FN4O3/c1-21(20-38(12-4-11-35)33(40)26-9-7-22(2)29(34)17-26)13-30-28(15-23-5-3-6-24(14-23)18-36)32(39)27-10-8-25(19-37)16-31(27)41-30/h3,5-10,14,16-17,21H,4,11-13,15,20,35H2,1-2H3. The number of nitriles is 2. The van der Waals surface area contributed by atoms with Crippen LogP contribution in [0.15, 0.2) is 69.9 Å². The molecule has 1 aromatic heterocycles. The lowest BCUT2D eigenvalue weighted by Gasteiger charge is -2.26. The molecule has 208 valence electrons. The Hall–Kier alpha value is -4.79. The number of rotatable bonds is 10. The van der Waals surface area contributed by atoms with Crippen LogP contribution in [0, 0.1) is 41.3 Å². The molecule has 4 aromatic rings. The number of hydrogen-bond acceptors (Lipinski definition) is 6. The number of halogens is 1. The van der Waals surface area contributed by atoms with Crippen molar-refractivity contribution in [1.29, 1.82) is 10.5 Å². The maximum absolute atomic E-state index is 14.2. The molecule has 8 heteroatoms. The van der Waals surface area contributed by atoms with E-state index in [-0.39, 0.29) is 29.2 Å². The van der Waals surface area contributed by atoms with Gasteiger partial charge in [-0.2, -0.15) is 10.5 Å². The van der Waals surface area contributed by atoms with E-state index in [9.17, 15) is 24.5 Å². The van der Waals surface area contributed by atoms with Crippen molar-refractivity contribution >= 4 is 16.9 Å². The van der Waals surface area contributed by atoms with E-state index in [1.54, 1.807) is 60.4 Å². The van der Waals surface area contributed by atoms with Crippen LogP contribution in [0.1, 0.15) is 57.3 Å². The predicted molar refractivity (Wildman–Crippen MR) is 155 cm³/mol. The Morgan fingerprint density at radius 3 is 2.54 bits per heavy atom. The molecule has 0 radical (unpaired) electrons. The molecule has 0 spiro atoms. The van der Waals surface area contributed by atoms with Crippen molar-refractivity contribution in [3.05, 3.63) is 116 Å². The van der Waals surface area contributed by atoms with E-state index < -0.39 is 5.82 Å². The summed E-state index contributed by atoms with van der Waals surface area (Å²) in [6.07, 6.45) is 1.17. The molecule has 0 aliphatic heterocycles. The highest BCUT2D eigenvalue weighted by Crippen LogP contribution is 2.23. The van der Waals surface area contributed by atoms with Crippen molar-refractivity contribution in [2.24, 2.45) is 11.7 Å². The van der Waals surface area contributed by atoms with Gasteiger partial charge in [-0.15, -0.1) is 0 Å². The lowest BCUT2D eigenvalue weighted by atomic mass is 9.95. The molecule has 7 nitrogen and oxygen atoms in total. The quantitative estimate of drug-likeness (QED) is 0.288. The Balaban J connectivity index is 1.69. The average Bonchev–Trinajstić information content (AvgIpc) is 2.98. The summed E-state index contributed by atoms with van der Waals surface area (Å²) in [5, 5.41) is 19.1. The van der Waals surface area contributed by atoms with Crippen LogP contribution in [0.3, 0.4) is 0 Å². The van der Waals surface area contributed by atoms with Crippen LogP contribution in [0.2, 0.25) is 0 Å². The molecular formula is C33H31FN4O3. The van der Waals surface area contributed by atoms with Crippen LogP contribution in [-0.2, 0) is 12.8 Å². The molecule has 1 amide bonds. The van der Waals surface area contributed by atoms with E-state index in [0.29, 0.717) is 71.5 Å². The van der Waals surface area contributed by atoms with E-state index in [0.717, 1.165) is 5.56 Å². The Morgan fingerprint density at radius 2 is 1.83 bits per heavy atom. The first-order chi connectivity index (χ1) is 19.7. The lowest BCUT2D eigenvalue weighted by Crippen LogP contribution is -2.37. The number of aryl methyl sites for hydroxylation is 1. The number of amides is 1. The number of hydrogen-bond donors (Lipinski definition) is 1. The van der Waals surface area contributed by atoms with Gasteiger partial charge in [-0.25, -0.2) is 4.39 Å². The summed E-state index contributed by atoms with van der Waals surface area (Å²) >= 11 is 0.